The Morgan fingerprint density at radius 2 is 2.00 bits per heavy atom. The van der Waals surface area contributed by atoms with Crippen LogP contribution in [0.15, 0.2) is 46.6 Å². The van der Waals surface area contributed by atoms with Gasteiger partial charge in [0.1, 0.15) is 5.03 Å². The maximum atomic E-state index is 10.8. The molecule has 17 heavy (non-hydrogen) atoms. The molecule has 0 amide bonds. The minimum Gasteiger partial charge on any atom is -0.478 e. The molecule has 0 aliphatic carbocycles. The Morgan fingerprint density at radius 3 is 2.71 bits per heavy atom. The predicted molar refractivity (Wildman–Crippen MR) is 64.3 cm³/mol. The molecule has 2 rings (SSSR count). The van der Waals surface area contributed by atoms with Crippen molar-refractivity contribution in [3.63, 3.8) is 0 Å². The molecule has 0 atom stereocenters. The van der Waals surface area contributed by atoms with Gasteiger partial charge < -0.3 is 5.11 Å². The van der Waals surface area contributed by atoms with Gasteiger partial charge in [-0.15, -0.1) is 0 Å². The molecule has 86 valence electrons. The van der Waals surface area contributed by atoms with E-state index in [1.807, 2.05) is 19.1 Å². The number of hydrogen-bond acceptors (Lipinski definition) is 4. The van der Waals surface area contributed by atoms with E-state index in [9.17, 15) is 4.79 Å². The maximum Gasteiger partial charge on any atom is 0.335 e. The number of carboxylic acids is 1. The summed E-state index contributed by atoms with van der Waals surface area (Å²) >= 11 is 1.42. The van der Waals surface area contributed by atoms with E-state index in [4.69, 9.17) is 5.11 Å². The molecular weight excluding hydrogens is 236 g/mol. The highest BCUT2D eigenvalue weighted by atomic mass is 32.2. The van der Waals surface area contributed by atoms with E-state index in [0.29, 0.717) is 5.03 Å². The van der Waals surface area contributed by atoms with Crippen LogP contribution in [0.2, 0.25) is 0 Å². The fraction of sp³-hybridized carbons (Fsp3) is 0.0833. The van der Waals surface area contributed by atoms with Gasteiger partial charge in [-0.3, -0.25) is 4.98 Å². The smallest absolute Gasteiger partial charge is 0.335 e. The van der Waals surface area contributed by atoms with Crippen LogP contribution < -0.4 is 0 Å². The molecule has 4 nitrogen and oxygen atoms in total. The lowest BCUT2D eigenvalue weighted by Gasteiger charge is -2.02. The third-order valence-corrected chi connectivity index (χ3v) is 2.99. The van der Waals surface area contributed by atoms with Gasteiger partial charge in [0, 0.05) is 23.0 Å². The molecule has 0 bridgehead atoms. The molecule has 0 radical (unpaired) electrons. The Balaban J connectivity index is 2.24. The Labute approximate surface area is 103 Å². The zero-order valence-corrected chi connectivity index (χ0v) is 9.94. The first kappa shape index (κ1) is 11.6. The van der Waals surface area contributed by atoms with Crippen molar-refractivity contribution >= 4 is 17.7 Å². The van der Waals surface area contributed by atoms with Crippen LogP contribution in [-0.2, 0) is 0 Å². The predicted octanol–water partition coefficient (Wildman–Crippen LogP) is 2.63. The van der Waals surface area contributed by atoms with Gasteiger partial charge in [0.05, 0.1) is 5.56 Å². The van der Waals surface area contributed by atoms with Crippen molar-refractivity contribution in [2.45, 2.75) is 16.8 Å². The Hall–Kier alpha value is -1.88. The first-order chi connectivity index (χ1) is 8.15. The monoisotopic (exact) mass is 246 g/mol. The minimum absolute atomic E-state index is 0.244. The standard InChI is InChI=1S/C12H10N2O2S/c1-8-6-10(3-5-13-8)17-11-7-9(12(15)16)2-4-14-11/h2-7H,1H3,(H,15,16). The van der Waals surface area contributed by atoms with Gasteiger partial charge in [-0.1, -0.05) is 11.8 Å². The molecule has 0 saturated heterocycles. The van der Waals surface area contributed by atoms with Crippen molar-refractivity contribution in [2.75, 3.05) is 0 Å². The molecular formula is C12H10N2O2S. The van der Waals surface area contributed by atoms with Crippen molar-refractivity contribution < 1.29 is 9.90 Å². The molecule has 2 aromatic rings. The van der Waals surface area contributed by atoms with Gasteiger partial charge in [-0.2, -0.15) is 0 Å². The third-order valence-electron chi connectivity index (χ3n) is 2.07. The molecule has 0 fully saturated rings. The van der Waals surface area contributed by atoms with Crippen molar-refractivity contribution in [3.05, 3.63) is 47.9 Å². The van der Waals surface area contributed by atoms with Crippen LogP contribution in [0.3, 0.4) is 0 Å². The lowest BCUT2D eigenvalue weighted by molar-refractivity contribution is 0.0696. The van der Waals surface area contributed by atoms with Gasteiger partial charge in [0.25, 0.3) is 0 Å². The van der Waals surface area contributed by atoms with Crippen molar-refractivity contribution in [3.8, 4) is 0 Å². The second-order valence-corrected chi connectivity index (χ2v) is 4.52. The minimum atomic E-state index is -0.944. The maximum absolute atomic E-state index is 10.8. The zero-order valence-electron chi connectivity index (χ0n) is 9.12. The van der Waals surface area contributed by atoms with E-state index in [0.717, 1.165) is 10.6 Å². The number of pyridine rings is 2. The quantitative estimate of drug-likeness (QED) is 0.902. The summed E-state index contributed by atoms with van der Waals surface area (Å²) < 4.78 is 0. The summed E-state index contributed by atoms with van der Waals surface area (Å²) in [4.78, 5) is 20.0. The van der Waals surface area contributed by atoms with Crippen LogP contribution in [0.1, 0.15) is 16.1 Å². The molecule has 1 N–H and O–H groups in total. The molecule has 0 saturated carbocycles. The lowest BCUT2D eigenvalue weighted by Crippen LogP contribution is -1.96. The molecule has 0 aliphatic heterocycles. The van der Waals surface area contributed by atoms with Crippen molar-refractivity contribution in [1.29, 1.82) is 0 Å². The van der Waals surface area contributed by atoms with E-state index in [1.54, 1.807) is 12.3 Å². The molecule has 5 heteroatoms. The average molecular weight is 246 g/mol. The SMILES string of the molecule is Cc1cc(Sc2cc(C(=O)O)ccn2)ccn1. The van der Waals surface area contributed by atoms with E-state index in [2.05, 4.69) is 9.97 Å². The van der Waals surface area contributed by atoms with Crippen molar-refractivity contribution in [2.24, 2.45) is 0 Å². The van der Waals surface area contributed by atoms with Crippen LogP contribution in [0.5, 0.6) is 0 Å². The zero-order chi connectivity index (χ0) is 12.3. The largest absolute Gasteiger partial charge is 0.478 e. The van der Waals surface area contributed by atoms with Crippen LogP contribution in [0, 0.1) is 6.92 Å². The number of aromatic carboxylic acids is 1. The number of rotatable bonds is 3. The Kier molecular flexibility index (Phi) is 3.39. The number of hydrogen-bond donors (Lipinski definition) is 1. The van der Waals surface area contributed by atoms with Gasteiger partial charge in [0.15, 0.2) is 0 Å². The second-order valence-electron chi connectivity index (χ2n) is 3.42. The number of nitrogens with zero attached hydrogens (tertiary/aromatic N) is 2. The van der Waals surface area contributed by atoms with E-state index >= 15 is 0 Å². The van der Waals surface area contributed by atoms with Crippen LogP contribution in [-0.4, -0.2) is 21.0 Å². The van der Waals surface area contributed by atoms with Gasteiger partial charge in [0.2, 0.25) is 0 Å². The van der Waals surface area contributed by atoms with Gasteiger partial charge in [-0.25, -0.2) is 9.78 Å². The second kappa shape index (κ2) is 4.97. The summed E-state index contributed by atoms with van der Waals surface area (Å²) in [7, 11) is 0. The normalized spacial score (nSPS) is 10.2. The van der Waals surface area contributed by atoms with E-state index < -0.39 is 5.97 Å². The number of aryl methyl sites for hydroxylation is 1. The highest BCUT2D eigenvalue weighted by Gasteiger charge is 2.05. The molecule has 0 unspecified atom stereocenters. The summed E-state index contributed by atoms with van der Waals surface area (Å²) in [6, 6.07) is 6.83. The summed E-state index contributed by atoms with van der Waals surface area (Å²) in [5.74, 6) is -0.944. The molecule has 2 heterocycles. The molecule has 0 aliphatic rings. The third kappa shape index (κ3) is 3.04. The number of aromatic nitrogens is 2. The summed E-state index contributed by atoms with van der Waals surface area (Å²) in [5, 5.41) is 9.53. The van der Waals surface area contributed by atoms with E-state index in [1.165, 1.54) is 24.0 Å². The average Bonchev–Trinajstić information content (AvgIpc) is 2.29. The number of carboxylic acid groups (broad SMARTS) is 1. The van der Waals surface area contributed by atoms with Gasteiger partial charge in [-0.05, 0) is 31.2 Å². The van der Waals surface area contributed by atoms with Crippen LogP contribution in [0.4, 0.5) is 0 Å². The van der Waals surface area contributed by atoms with E-state index in [-0.39, 0.29) is 5.56 Å². The summed E-state index contributed by atoms with van der Waals surface area (Å²) in [6.45, 7) is 1.91. The first-order valence-corrected chi connectivity index (χ1v) is 5.76. The van der Waals surface area contributed by atoms with Crippen molar-refractivity contribution in [1.82, 2.24) is 9.97 Å². The lowest BCUT2D eigenvalue weighted by atomic mass is 10.3. The van der Waals surface area contributed by atoms with Gasteiger partial charge >= 0.3 is 5.97 Å². The highest BCUT2D eigenvalue weighted by Crippen LogP contribution is 2.26. The molecule has 0 aromatic carbocycles. The first-order valence-electron chi connectivity index (χ1n) is 4.95. The van der Waals surface area contributed by atoms with Crippen LogP contribution >= 0.6 is 11.8 Å². The topological polar surface area (TPSA) is 63.1 Å². The molecule has 0 spiro atoms. The fourth-order valence-corrected chi connectivity index (χ4v) is 2.20. The summed E-state index contributed by atoms with van der Waals surface area (Å²) in [5.41, 5.74) is 1.16. The fourth-order valence-electron chi connectivity index (χ4n) is 1.30. The van der Waals surface area contributed by atoms with Crippen LogP contribution in [0.25, 0.3) is 0 Å². The molecule has 2 aromatic heterocycles. The summed E-state index contributed by atoms with van der Waals surface area (Å²) in [6.07, 6.45) is 3.22. The number of carbonyl (C=O) groups is 1. The Morgan fingerprint density at radius 1 is 1.24 bits per heavy atom. The Bertz CT molecular complexity index is 558. The highest BCUT2D eigenvalue weighted by molar-refractivity contribution is 7.99.